The quantitative estimate of drug-likeness (QED) is 0.220. The fraction of sp³-hybridized carbons (Fsp3) is 0.0270. The van der Waals surface area contributed by atoms with Gasteiger partial charge in [-0.3, -0.25) is 0 Å². The van der Waals surface area contributed by atoms with Crippen molar-refractivity contribution < 1.29 is 0 Å². The predicted molar refractivity (Wildman–Crippen MR) is 169 cm³/mol. The van der Waals surface area contributed by atoms with Crippen molar-refractivity contribution in [3.05, 3.63) is 139 Å². The van der Waals surface area contributed by atoms with Crippen molar-refractivity contribution in [1.82, 2.24) is 4.57 Å². The van der Waals surface area contributed by atoms with Crippen molar-refractivity contribution in [2.75, 3.05) is 0 Å². The number of thiophene rings is 1. The summed E-state index contributed by atoms with van der Waals surface area (Å²) in [7, 11) is 0. The second-order valence-electron chi connectivity index (χ2n) is 10.2. The molecule has 0 N–H and O–H groups in total. The van der Waals surface area contributed by atoms with E-state index in [1.807, 2.05) is 11.3 Å². The van der Waals surface area contributed by atoms with Gasteiger partial charge in [0.05, 0.1) is 16.7 Å². The molecular formula is C37H25NS. The first kappa shape index (κ1) is 22.3. The molecule has 0 aliphatic carbocycles. The average Bonchev–Trinajstić information content (AvgIpc) is 3.53. The number of aromatic nitrogens is 1. The van der Waals surface area contributed by atoms with Gasteiger partial charge in [0, 0.05) is 42.1 Å². The fourth-order valence-corrected chi connectivity index (χ4v) is 7.39. The van der Waals surface area contributed by atoms with Crippen LogP contribution in [-0.2, 0) is 0 Å². The van der Waals surface area contributed by atoms with Crippen LogP contribution >= 0.6 is 11.3 Å². The molecule has 8 rings (SSSR count). The van der Waals surface area contributed by atoms with Gasteiger partial charge in [0.25, 0.3) is 0 Å². The van der Waals surface area contributed by atoms with Gasteiger partial charge in [0.1, 0.15) is 0 Å². The zero-order valence-electron chi connectivity index (χ0n) is 21.6. The molecule has 1 nitrogen and oxygen atoms in total. The Balaban J connectivity index is 1.43. The Labute approximate surface area is 231 Å². The smallest absolute Gasteiger partial charge is 0.0541 e. The Kier molecular flexibility index (Phi) is 4.98. The lowest BCUT2D eigenvalue weighted by atomic mass is 9.92. The largest absolute Gasteiger partial charge is 0.309 e. The molecule has 39 heavy (non-hydrogen) atoms. The standard InChI is InChI=1S/C37H25NS/c1-24-21-22-35-32(23-24)28-14-5-8-19-34(28)38(35)33-18-7-4-13-27(33)25-11-2-3-12-26(25)30-16-10-17-31-29-15-6-9-20-36(29)39-37(30)31/h2-23H,1H3. The van der Waals surface area contributed by atoms with Crippen molar-refractivity contribution in [2.24, 2.45) is 0 Å². The van der Waals surface area contributed by atoms with E-state index in [0.29, 0.717) is 0 Å². The summed E-state index contributed by atoms with van der Waals surface area (Å²) in [4.78, 5) is 0. The highest BCUT2D eigenvalue weighted by Gasteiger charge is 2.18. The molecule has 0 unspecified atom stereocenters. The van der Waals surface area contributed by atoms with Crippen LogP contribution in [0, 0.1) is 6.92 Å². The molecule has 6 aromatic carbocycles. The molecule has 2 heterocycles. The van der Waals surface area contributed by atoms with Crippen LogP contribution in [0.25, 0.3) is 69.9 Å². The molecule has 0 bridgehead atoms. The lowest BCUT2D eigenvalue weighted by Crippen LogP contribution is -1.98. The topological polar surface area (TPSA) is 4.93 Å². The third-order valence-electron chi connectivity index (χ3n) is 7.88. The highest BCUT2D eigenvalue weighted by atomic mass is 32.1. The van der Waals surface area contributed by atoms with Gasteiger partial charge in [-0.15, -0.1) is 11.3 Å². The van der Waals surface area contributed by atoms with Gasteiger partial charge in [-0.1, -0.05) is 109 Å². The van der Waals surface area contributed by atoms with E-state index in [1.165, 1.54) is 75.5 Å². The SMILES string of the molecule is Cc1ccc2c(c1)c1ccccc1n2-c1ccccc1-c1ccccc1-c1cccc2c1sc1ccccc12. The van der Waals surface area contributed by atoms with Gasteiger partial charge >= 0.3 is 0 Å². The summed E-state index contributed by atoms with van der Waals surface area (Å²) in [6.07, 6.45) is 0. The first-order chi connectivity index (χ1) is 19.3. The molecule has 0 spiro atoms. The van der Waals surface area contributed by atoms with Crippen molar-refractivity contribution in [3.63, 3.8) is 0 Å². The normalized spacial score (nSPS) is 11.7. The van der Waals surface area contributed by atoms with Crippen molar-refractivity contribution in [3.8, 4) is 27.9 Å². The minimum Gasteiger partial charge on any atom is -0.309 e. The van der Waals surface area contributed by atoms with Crippen LogP contribution in [-0.4, -0.2) is 4.57 Å². The zero-order valence-corrected chi connectivity index (χ0v) is 22.4. The van der Waals surface area contributed by atoms with Gasteiger partial charge in [-0.2, -0.15) is 0 Å². The minimum absolute atomic E-state index is 1.20. The number of rotatable bonds is 3. The molecule has 0 aliphatic heterocycles. The number of aryl methyl sites for hydroxylation is 1. The average molecular weight is 516 g/mol. The maximum atomic E-state index is 2.44. The monoisotopic (exact) mass is 515 g/mol. The third-order valence-corrected chi connectivity index (χ3v) is 9.10. The van der Waals surface area contributed by atoms with Crippen LogP contribution in [0.2, 0.25) is 0 Å². The van der Waals surface area contributed by atoms with Crippen LogP contribution in [0.5, 0.6) is 0 Å². The van der Waals surface area contributed by atoms with Gasteiger partial charge in [-0.25, -0.2) is 0 Å². The van der Waals surface area contributed by atoms with E-state index in [0.717, 1.165) is 0 Å². The van der Waals surface area contributed by atoms with Crippen LogP contribution < -0.4 is 0 Å². The van der Waals surface area contributed by atoms with Crippen LogP contribution in [0.15, 0.2) is 133 Å². The number of para-hydroxylation sites is 2. The molecule has 0 saturated heterocycles. The first-order valence-electron chi connectivity index (χ1n) is 13.4. The molecule has 0 radical (unpaired) electrons. The first-order valence-corrected chi connectivity index (χ1v) is 14.2. The van der Waals surface area contributed by atoms with E-state index in [2.05, 4.69) is 145 Å². The van der Waals surface area contributed by atoms with Gasteiger partial charge < -0.3 is 4.57 Å². The van der Waals surface area contributed by atoms with E-state index < -0.39 is 0 Å². The molecule has 0 atom stereocenters. The number of benzene rings is 6. The fourth-order valence-electron chi connectivity index (χ4n) is 6.15. The molecule has 184 valence electrons. The Morgan fingerprint density at radius 3 is 1.95 bits per heavy atom. The minimum atomic E-state index is 1.20. The Bertz CT molecular complexity index is 2190. The Morgan fingerprint density at radius 1 is 0.462 bits per heavy atom. The molecule has 8 aromatic rings. The van der Waals surface area contributed by atoms with Gasteiger partial charge in [0.2, 0.25) is 0 Å². The Morgan fingerprint density at radius 2 is 1.08 bits per heavy atom. The summed E-state index contributed by atoms with van der Waals surface area (Å²) in [5.41, 5.74) is 9.97. The lowest BCUT2D eigenvalue weighted by Gasteiger charge is -2.17. The van der Waals surface area contributed by atoms with E-state index in [1.54, 1.807) is 0 Å². The highest BCUT2D eigenvalue weighted by molar-refractivity contribution is 7.26. The third kappa shape index (κ3) is 3.39. The number of hydrogen-bond acceptors (Lipinski definition) is 1. The number of nitrogens with zero attached hydrogens (tertiary/aromatic N) is 1. The van der Waals surface area contributed by atoms with Crippen molar-refractivity contribution >= 4 is 53.3 Å². The summed E-state index contributed by atoms with van der Waals surface area (Å²) >= 11 is 1.89. The van der Waals surface area contributed by atoms with Crippen LogP contribution in [0.1, 0.15) is 5.56 Å². The van der Waals surface area contributed by atoms with E-state index >= 15 is 0 Å². The second kappa shape index (κ2) is 8.69. The van der Waals surface area contributed by atoms with Crippen molar-refractivity contribution in [2.45, 2.75) is 6.92 Å². The van der Waals surface area contributed by atoms with E-state index in [4.69, 9.17) is 0 Å². The molecule has 0 fully saturated rings. The summed E-state index contributed by atoms with van der Waals surface area (Å²) in [6, 6.07) is 48.8. The highest BCUT2D eigenvalue weighted by Crippen LogP contribution is 2.44. The van der Waals surface area contributed by atoms with E-state index in [9.17, 15) is 0 Å². The lowest BCUT2D eigenvalue weighted by molar-refractivity contribution is 1.18. The zero-order chi connectivity index (χ0) is 25.9. The van der Waals surface area contributed by atoms with E-state index in [-0.39, 0.29) is 0 Å². The molecule has 2 aromatic heterocycles. The summed E-state index contributed by atoms with van der Waals surface area (Å²) in [5, 5.41) is 5.24. The number of hydrogen-bond donors (Lipinski definition) is 0. The van der Waals surface area contributed by atoms with Gasteiger partial charge in [-0.05, 0) is 48.4 Å². The molecular weight excluding hydrogens is 490 g/mol. The molecule has 2 heteroatoms. The maximum Gasteiger partial charge on any atom is 0.0541 e. The Hall–Kier alpha value is -4.66. The van der Waals surface area contributed by atoms with Gasteiger partial charge in [0.15, 0.2) is 0 Å². The molecule has 0 saturated carbocycles. The molecule has 0 aliphatic rings. The second-order valence-corrected chi connectivity index (χ2v) is 11.3. The maximum absolute atomic E-state index is 2.44. The number of fused-ring (bicyclic) bond motifs is 6. The summed E-state index contributed by atoms with van der Waals surface area (Å²) in [6.45, 7) is 2.17. The predicted octanol–water partition coefficient (Wildman–Crippen LogP) is 10.8. The summed E-state index contributed by atoms with van der Waals surface area (Å²) < 4.78 is 5.12. The summed E-state index contributed by atoms with van der Waals surface area (Å²) in [5.74, 6) is 0. The van der Waals surface area contributed by atoms with Crippen LogP contribution in [0.3, 0.4) is 0 Å². The van der Waals surface area contributed by atoms with Crippen molar-refractivity contribution in [1.29, 1.82) is 0 Å². The van der Waals surface area contributed by atoms with Crippen LogP contribution in [0.4, 0.5) is 0 Å². The molecule has 0 amide bonds.